The molecule has 1 aromatic rings. The molecule has 18 heavy (non-hydrogen) atoms. The molecule has 1 aromatic carbocycles. The van der Waals surface area contributed by atoms with E-state index in [1.807, 2.05) is 0 Å². The van der Waals surface area contributed by atoms with Crippen molar-refractivity contribution >= 4 is 18.3 Å². The molecule has 6 heteroatoms. The van der Waals surface area contributed by atoms with E-state index < -0.39 is 5.97 Å². The largest absolute Gasteiger partial charge is 0.478 e. The van der Waals surface area contributed by atoms with Crippen LogP contribution in [0.3, 0.4) is 0 Å². The Hall–Kier alpha value is -2.37. The van der Waals surface area contributed by atoms with Crippen LogP contribution in [0.4, 0.5) is 0 Å². The van der Waals surface area contributed by atoms with E-state index in [2.05, 4.69) is 9.99 Å². The molecule has 6 nitrogen and oxygen atoms in total. The molecule has 0 bridgehead atoms. The minimum absolute atomic E-state index is 0.225. The van der Waals surface area contributed by atoms with Gasteiger partial charge in [0.15, 0.2) is 0 Å². The lowest BCUT2D eigenvalue weighted by Gasteiger charge is -2.18. The molecular formula is C12H14N2O4. The van der Waals surface area contributed by atoms with Gasteiger partial charge < -0.3 is 14.8 Å². The van der Waals surface area contributed by atoms with Gasteiger partial charge in [-0.05, 0) is 18.6 Å². The van der Waals surface area contributed by atoms with E-state index in [1.54, 1.807) is 43.1 Å². The van der Waals surface area contributed by atoms with E-state index in [9.17, 15) is 9.59 Å². The smallest absolute Gasteiger partial charge is 0.336 e. The standard InChI is InChI=1S/C12H14N2O4/c1-9(13-18-8-15)14(2)7-10-5-3-4-6-11(10)12(16)17/h3-6,8H,7H2,1-2H3,(H,16,17)/b13-9-. The third-order valence-corrected chi connectivity index (χ3v) is 2.44. The highest BCUT2D eigenvalue weighted by molar-refractivity contribution is 5.89. The number of carbonyl (C=O) groups is 2. The number of benzene rings is 1. The fourth-order valence-electron chi connectivity index (χ4n) is 1.40. The van der Waals surface area contributed by atoms with Crippen LogP contribution >= 0.6 is 0 Å². The maximum Gasteiger partial charge on any atom is 0.336 e. The van der Waals surface area contributed by atoms with Crippen molar-refractivity contribution < 1.29 is 19.5 Å². The van der Waals surface area contributed by atoms with Crippen molar-refractivity contribution in [3.63, 3.8) is 0 Å². The first kappa shape index (κ1) is 13.7. The predicted octanol–water partition coefficient (Wildman–Crippen LogP) is 1.32. The van der Waals surface area contributed by atoms with Gasteiger partial charge in [0.1, 0.15) is 5.84 Å². The van der Waals surface area contributed by atoms with Crippen LogP contribution in [-0.2, 0) is 16.2 Å². The number of hydrogen-bond acceptors (Lipinski definition) is 4. The highest BCUT2D eigenvalue weighted by Crippen LogP contribution is 2.11. The summed E-state index contributed by atoms with van der Waals surface area (Å²) in [6.45, 7) is 2.25. The molecule has 0 fully saturated rings. The number of carbonyl (C=O) groups excluding carboxylic acids is 1. The number of hydrogen-bond donors (Lipinski definition) is 1. The fourth-order valence-corrected chi connectivity index (χ4v) is 1.40. The zero-order chi connectivity index (χ0) is 13.5. The molecule has 0 aliphatic heterocycles. The topological polar surface area (TPSA) is 79.2 Å². The van der Waals surface area contributed by atoms with E-state index in [1.165, 1.54) is 0 Å². The van der Waals surface area contributed by atoms with Crippen LogP contribution in [0.2, 0.25) is 0 Å². The van der Waals surface area contributed by atoms with Crippen molar-refractivity contribution in [3.8, 4) is 0 Å². The Morgan fingerprint density at radius 2 is 2.17 bits per heavy atom. The molecule has 96 valence electrons. The van der Waals surface area contributed by atoms with Gasteiger partial charge in [-0.1, -0.05) is 23.4 Å². The van der Waals surface area contributed by atoms with Gasteiger partial charge in [-0.2, -0.15) is 0 Å². The lowest BCUT2D eigenvalue weighted by molar-refractivity contribution is -0.128. The highest BCUT2D eigenvalue weighted by Gasteiger charge is 2.11. The average molecular weight is 250 g/mol. The zero-order valence-corrected chi connectivity index (χ0v) is 10.2. The lowest BCUT2D eigenvalue weighted by atomic mass is 10.1. The third kappa shape index (κ3) is 3.58. The minimum atomic E-state index is -0.974. The Balaban J connectivity index is 2.84. The number of nitrogens with zero attached hydrogens (tertiary/aromatic N) is 2. The van der Waals surface area contributed by atoms with Crippen molar-refractivity contribution in [2.24, 2.45) is 5.16 Å². The Morgan fingerprint density at radius 3 is 2.78 bits per heavy atom. The molecule has 0 aliphatic carbocycles. The summed E-state index contributed by atoms with van der Waals surface area (Å²) in [6.07, 6.45) is 0. The van der Waals surface area contributed by atoms with Gasteiger partial charge in [-0.3, -0.25) is 4.79 Å². The van der Waals surface area contributed by atoms with Gasteiger partial charge >= 0.3 is 12.4 Å². The van der Waals surface area contributed by atoms with Crippen LogP contribution in [0.5, 0.6) is 0 Å². The quantitative estimate of drug-likeness (QED) is 0.280. The van der Waals surface area contributed by atoms with Crippen LogP contribution in [0, 0.1) is 0 Å². The van der Waals surface area contributed by atoms with Gasteiger partial charge in [0.2, 0.25) is 0 Å². The summed E-state index contributed by atoms with van der Waals surface area (Å²) >= 11 is 0. The molecule has 0 aromatic heterocycles. The number of carboxylic acid groups (broad SMARTS) is 1. The van der Waals surface area contributed by atoms with Crippen molar-refractivity contribution in [3.05, 3.63) is 35.4 Å². The van der Waals surface area contributed by atoms with Gasteiger partial charge in [-0.25, -0.2) is 4.79 Å². The molecule has 0 atom stereocenters. The Kier molecular flexibility index (Phi) is 4.86. The molecule has 0 saturated heterocycles. The predicted molar refractivity (Wildman–Crippen MR) is 65.1 cm³/mol. The van der Waals surface area contributed by atoms with Crippen molar-refractivity contribution in [2.75, 3.05) is 7.05 Å². The monoisotopic (exact) mass is 250 g/mol. The number of aromatic carboxylic acids is 1. The zero-order valence-electron chi connectivity index (χ0n) is 10.2. The second-order valence-corrected chi connectivity index (χ2v) is 3.66. The number of oxime groups is 1. The van der Waals surface area contributed by atoms with Crippen molar-refractivity contribution in [2.45, 2.75) is 13.5 Å². The summed E-state index contributed by atoms with van der Waals surface area (Å²) in [6, 6.07) is 6.71. The van der Waals surface area contributed by atoms with Gasteiger partial charge in [0.05, 0.1) is 5.56 Å². The number of rotatable bonds is 5. The second kappa shape index (κ2) is 6.39. The van der Waals surface area contributed by atoms with Crippen LogP contribution in [0.25, 0.3) is 0 Å². The van der Waals surface area contributed by atoms with E-state index >= 15 is 0 Å². The Bertz CT molecular complexity index is 471. The Morgan fingerprint density at radius 1 is 1.50 bits per heavy atom. The third-order valence-electron chi connectivity index (χ3n) is 2.44. The van der Waals surface area contributed by atoms with E-state index in [-0.39, 0.29) is 12.0 Å². The molecule has 0 heterocycles. The second-order valence-electron chi connectivity index (χ2n) is 3.66. The van der Waals surface area contributed by atoms with Crippen LogP contribution in [0.15, 0.2) is 29.4 Å². The summed E-state index contributed by atoms with van der Waals surface area (Å²) in [5.41, 5.74) is 0.904. The summed E-state index contributed by atoms with van der Waals surface area (Å²) in [5, 5.41) is 12.6. The molecule has 0 spiro atoms. The Labute approximate surface area is 104 Å². The SMILES string of the molecule is C/C(=N/OC=O)N(C)Cc1ccccc1C(=O)O. The fraction of sp³-hybridized carbons (Fsp3) is 0.250. The van der Waals surface area contributed by atoms with E-state index in [4.69, 9.17) is 5.11 Å². The van der Waals surface area contributed by atoms with Gasteiger partial charge in [-0.15, -0.1) is 0 Å². The summed E-state index contributed by atoms with van der Waals surface area (Å²) in [5.74, 6) is -0.500. The van der Waals surface area contributed by atoms with E-state index in [0.29, 0.717) is 17.9 Å². The molecule has 0 saturated carbocycles. The molecule has 1 rings (SSSR count). The lowest BCUT2D eigenvalue weighted by Crippen LogP contribution is -2.25. The molecular weight excluding hydrogens is 236 g/mol. The minimum Gasteiger partial charge on any atom is -0.478 e. The molecule has 0 aliphatic rings. The average Bonchev–Trinajstić information content (AvgIpc) is 2.36. The normalized spacial score (nSPS) is 10.9. The van der Waals surface area contributed by atoms with E-state index in [0.717, 1.165) is 0 Å². The first-order valence-electron chi connectivity index (χ1n) is 5.22. The maximum atomic E-state index is 11.0. The van der Waals surface area contributed by atoms with Crippen molar-refractivity contribution in [1.82, 2.24) is 4.90 Å². The molecule has 1 N–H and O–H groups in total. The maximum absolute atomic E-state index is 11.0. The highest BCUT2D eigenvalue weighted by atomic mass is 16.7. The molecule has 0 amide bonds. The summed E-state index contributed by atoms with van der Waals surface area (Å²) in [7, 11) is 1.73. The number of carboxylic acids is 1. The van der Waals surface area contributed by atoms with Crippen molar-refractivity contribution in [1.29, 1.82) is 0 Å². The van der Waals surface area contributed by atoms with Gasteiger partial charge in [0.25, 0.3) is 0 Å². The van der Waals surface area contributed by atoms with Crippen LogP contribution in [-0.4, -0.2) is 35.3 Å². The molecule has 0 radical (unpaired) electrons. The van der Waals surface area contributed by atoms with Crippen LogP contribution in [0.1, 0.15) is 22.8 Å². The first-order chi connectivity index (χ1) is 8.56. The summed E-state index contributed by atoms with van der Waals surface area (Å²) in [4.78, 5) is 27.0. The number of amidine groups is 1. The first-order valence-corrected chi connectivity index (χ1v) is 5.22. The molecule has 0 unspecified atom stereocenters. The summed E-state index contributed by atoms with van der Waals surface area (Å²) < 4.78 is 0. The van der Waals surface area contributed by atoms with Gasteiger partial charge in [0, 0.05) is 13.6 Å². The van der Waals surface area contributed by atoms with Crippen LogP contribution < -0.4 is 0 Å².